The van der Waals surface area contributed by atoms with Gasteiger partial charge in [-0.3, -0.25) is 0 Å². The van der Waals surface area contributed by atoms with Crippen molar-refractivity contribution in [2.45, 2.75) is 34.0 Å². The van der Waals surface area contributed by atoms with Gasteiger partial charge >= 0.3 is 0 Å². The Labute approximate surface area is 108 Å². The van der Waals surface area contributed by atoms with E-state index in [0.29, 0.717) is 0 Å². The summed E-state index contributed by atoms with van der Waals surface area (Å²) in [5, 5.41) is 0. The van der Waals surface area contributed by atoms with Gasteiger partial charge < -0.3 is 0 Å². The van der Waals surface area contributed by atoms with Crippen LogP contribution >= 0.6 is 22.7 Å². The Kier molecular flexibility index (Phi) is 4.15. The molecule has 0 atom stereocenters. The highest BCUT2D eigenvalue weighted by molar-refractivity contribution is 7.30. The molecule has 0 amide bonds. The van der Waals surface area contributed by atoms with E-state index in [1.54, 1.807) is 4.50 Å². The molecule has 0 spiro atoms. The maximum atomic E-state index is 2.41. The zero-order valence-electron chi connectivity index (χ0n) is 9.63. The zero-order chi connectivity index (χ0) is 11.1. The third-order valence-electron chi connectivity index (χ3n) is 2.33. The van der Waals surface area contributed by atoms with Crippen molar-refractivity contribution >= 4 is 35.2 Å². The van der Waals surface area contributed by atoms with Crippen LogP contribution in [0.15, 0.2) is 24.3 Å². The molecule has 0 N–H and O–H groups in total. The van der Waals surface area contributed by atoms with Crippen LogP contribution in [0.25, 0.3) is 9.75 Å². The van der Waals surface area contributed by atoms with Crippen molar-refractivity contribution in [3.8, 4) is 9.75 Å². The fourth-order valence-corrected chi connectivity index (χ4v) is 5.29. The fourth-order valence-electron chi connectivity index (χ4n) is 1.44. The minimum absolute atomic E-state index is 0. The van der Waals surface area contributed by atoms with E-state index in [1.165, 1.54) is 14.6 Å². The van der Waals surface area contributed by atoms with Gasteiger partial charge in [-0.05, 0) is 29.6 Å². The molecular weight excluding hydrogens is 248 g/mol. The summed E-state index contributed by atoms with van der Waals surface area (Å²) in [7, 11) is -1.12. The average molecular weight is 269 g/mol. The van der Waals surface area contributed by atoms with E-state index in [4.69, 9.17) is 0 Å². The third kappa shape index (κ3) is 2.84. The maximum Gasteiger partial charge on any atom is 0.0904 e. The van der Waals surface area contributed by atoms with Gasteiger partial charge in [0, 0.05) is 14.6 Å². The molecule has 0 aliphatic heterocycles. The lowest BCUT2D eigenvalue weighted by atomic mass is 10.4. The predicted molar refractivity (Wildman–Crippen MR) is 82.1 cm³/mol. The van der Waals surface area contributed by atoms with Crippen LogP contribution in [0.2, 0.25) is 19.6 Å². The molecule has 3 heteroatoms. The van der Waals surface area contributed by atoms with Gasteiger partial charge in [0.2, 0.25) is 0 Å². The van der Waals surface area contributed by atoms with Crippen LogP contribution in [0.3, 0.4) is 0 Å². The van der Waals surface area contributed by atoms with Crippen LogP contribution in [0.1, 0.15) is 12.3 Å². The number of hydrogen-bond donors (Lipinski definition) is 0. The Morgan fingerprint density at radius 2 is 1.44 bits per heavy atom. The van der Waals surface area contributed by atoms with Gasteiger partial charge in [0.15, 0.2) is 0 Å². The summed E-state index contributed by atoms with van der Waals surface area (Å²) >= 11 is 3.87. The van der Waals surface area contributed by atoms with Gasteiger partial charge in [-0.1, -0.05) is 33.1 Å². The summed E-state index contributed by atoms with van der Waals surface area (Å²) in [6.07, 6.45) is 0. The van der Waals surface area contributed by atoms with Crippen LogP contribution in [-0.2, 0) is 0 Å². The van der Waals surface area contributed by atoms with Crippen LogP contribution in [0, 0.1) is 6.92 Å². The summed E-state index contributed by atoms with van der Waals surface area (Å²) in [5.41, 5.74) is 0. The smallest absolute Gasteiger partial charge is 0.0904 e. The third-order valence-corrected chi connectivity index (χ3v) is 8.21. The summed E-state index contributed by atoms with van der Waals surface area (Å²) in [6.45, 7) is 9.38. The highest BCUT2D eigenvalue weighted by atomic mass is 32.1. The summed E-state index contributed by atoms with van der Waals surface area (Å²) in [4.78, 5) is 4.25. The number of aryl methyl sites for hydroxylation is 1. The highest BCUT2D eigenvalue weighted by Gasteiger charge is 2.19. The lowest BCUT2D eigenvalue weighted by Crippen LogP contribution is -2.34. The van der Waals surface area contributed by atoms with Gasteiger partial charge in [-0.2, -0.15) is 0 Å². The lowest BCUT2D eigenvalue weighted by Gasteiger charge is -2.12. The highest BCUT2D eigenvalue weighted by Crippen LogP contribution is 2.31. The molecule has 0 saturated carbocycles. The molecule has 2 rings (SSSR count). The molecule has 88 valence electrons. The van der Waals surface area contributed by atoms with E-state index in [2.05, 4.69) is 50.8 Å². The standard InChI is InChI=1S/C12H16S2Si.CH4/c1-9-5-6-10(13-9)11-7-8-12(14-11)15(2,3)4;/h5-8H,1-4H3;1H4. The van der Waals surface area contributed by atoms with Crippen molar-refractivity contribution in [2.24, 2.45) is 0 Å². The van der Waals surface area contributed by atoms with Crippen molar-refractivity contribution in [2.75, 3.05) is 0 Å². The minimum atomic E-state index is -1.12. The summed E-state index contributed by atoms with van der Waals surface area (Å²) in [6, 6.07) is 9.04. The predicted octanol–water partition coefficient (Wildman–Crippen LogP) is 4.97. The quantitative estimate of drug-likeness (QED) is 0.675. The molecule has 0 fully saturated rings. The van der Waals surface area contributed by atoms with Gasteiger partial charge in [-0.25, -0.2) is 0 Å². The Balaban J connectivity index is 0.00000128. The Bertz CT molecular complexity index is 460. The molecule has 0 aromatic carbocycles. The Hall–Kier alpha value is -0.383. The minimum Gasteiger partial charge on any atom is -0.144 e. The topological polar surface area (TPSA) is 0 Å². The molecule has 0 saturated heterocycles. The Morgan fingerprint density at radius 3 is 1.88 bits per heavy atom. The van der Waals surface area contributed by atoms with Gasteiger partial charge in [0.05, 0.1) is 8.07 Å². The van der Waals surface area contributed by atoms with Crippen molar-refractivity contribution < 1.29 is 0 Å². The van der Waals surface area contributed by atoms with Crippen molar-refractivity contribution in [3.63, 3.8) is 0 Å². The fraction of sp³-hybridized carbons (Fsp3) is 0.385. The molecular formula is C13H20S2Si. The average Bonchev–Trinajstić information content (AvgIpc) is 2.69. The normalized spacial score (nSPS) is 11.2. The second kappa shape index (κ2) is 4.86. The van der Waals surface area contributed by atoms with E-state index in [-0.39, 0.29) is 7.43 Å². The first-order chi connectivity index (χ1) is 6.97. The molecule has 2 aromatic rings. The largest absolute Gasteiger partial charge is 0.144 e. The lowest BCUT2D eigenvalue weighted by molar-refractivity contribution is 1.64. The molecule has 2 heterocycles. The van der Waals surface area contributed by atoms with E-state index in [0.717, 1.165) is 0 Å². The van der Waals surface area contributed by atoms with Gasteiger partial charge in [0.1, 0.15) is 0 Å². The van der Waals surface area contributed by atoms with E-state index < -0.39 is 8.07 Å². The first-order valence-corrected chi connectivity index (χ1v) is 10.3. The zero-order valence-corrected chi connectivity index (χ0v) is 12.3. The van der Waals surface area contributed by atoms with Crippen LogP contribution < -0.4 is 4.50 Å². The number of hydrogen-bond acceptors (Lipinski definition) is 2. The van der Waals surface area contributed by atoms with E-state index in [1.807, 2.05) is 22.7 Å². The van der Waals surface area contributed by atoms with Crippen molar-refractivity contribution in [1.29, 1.82) is 0 Å². The first kappa shape index (κ1) is 13.7. The van der Waals surface area contributed by atoms with Crippen LogP contribution in [-0.4, -0.2) is 8.07 Å². The first-order valence-electron chi connectivity index (χ1n) is 5.14. The Morgan fingerprint density at radius 1 is 0.875 bits per heavy atom. The molecule has 16 heavy (non-hydrogen) atoms. The van der Waals surface area contributed by atoms with Crippen molar-refractivity contribution in [3.05, 3.63) is 29.1 Å². The van der Waals surface area contributed by atoms with Gasteiger partial charge in [0.25, 0.3) is 0 Å². The number of rotatable bonds is 2. The molecule has 0 unspecified atom stereocenters. The van der Waals surface area contributed by atoms with Gasteiger partial charge in [-0.15, -0.1) is 22.7 Å². The van der Waals surface area contributed by atoms with E-state index in [9.17, 15) is 0 Å². The second-order valence-corrected chi connectivity index (χ2v) is 12.6. The number of thiophene rings is 2. The molecule has 0 aliphatic rings. The SMILES string of the molecule is C.Cc1ccc(-c2ccc([Si](C)(C)C)s2)s1. The monoisotopic (exact) mass is 268 g/mol. The van der Waals surface area contributed by atoms with Crippen LogP contribution in [0.4, 0.5) is 0 Å². The molecule has 0 radical (unpaired) electrons. The summed E-state index contributed by atoms with van der Waals surface area (Å²) in [5.74, 6) is 0. The maximum absolute atomic E-state index is 2.41. The molecule has 0 nitrogen and oxygen atoms in total. The van der Waals surface area contributed by atoms with Crippen molar-refractivity contribution in [1.82, 2.24) is 0 Å². The molecule has 0 aliphatic carbocycles. The molecule has 2 aromatic heterocycles. The second-order valence-electron chi connectivity index (χ2n) is 4.82. The molecule has 0 bridgehead atoms. The van der Waals surface area contributed by atoms with E-state index >= 15 is 0 Å². The summed E-state index contributed by atoms with van der Waals surface area (Å²) < 4.78 is 1.60. The van der Waals surface area contributed by atoms with Crippen LogP contribution in [0.5, 0.6) is 0 Å².